The van der Waals surface area contributed by atoms with E-state index in [9.17, 15) is 4.79 Å². The molecule has 2 N–H and O–H groups in total. The van der Waals surface area contributed by atoms with Crippen LogP contribution in [0.15, 0.2) is 72.0 Å². The summed E-state index contributed by atoms with van der Waals surface area (Å²) in [5, 5.41) is 0. The quantitative estimate of drug-likeness (QED) is 0.727. The third-order valence-corrected chi connectivity index (χ3v) is 5.10. The molecule has 3 aromatic rings. The number of para-hydroxylation sites is 1. The number of fused-ring (bicyclic) bond motifs is 4. The molecule has 0 bridgehead atoms. The third kappa shape index (κ3) is 2.04. The summed E-state index contributed by atoms with van der Waals surface area (Å²) in [5.74, 6) is 1.20. The second-order valence-corrected chi connectivity index (χ2v) is 6.60. The minimum Gasteiger partial charge on any atom is -0.457 e. The summed E-state index contributed by atoms with van der Waals surface area (Å²) < 4.78 is 6.08. The van der Waals surface area contributed by atoms with E-state index < -0.39 is 5.54 Å². The number of benzene rings is 2. The Balaban J connectivity index is 1.81. The number of aromatic nitrogens is 1. The van der Waals surface area contributed by atoms with E-state index in [-0.39, 0.29) is 11.9 Å². The third-order valence-electron chi connectivity index (χ3n) is 5.10. The van der Waals surface area contributed by atoms with Crippen LogP contribution >= 0.6 is 0 Å². The zero-order valence-corrected chi connectivity index (χ0v) is 14.6. The molecule has 6 heteroatoms. The lowest BCUT2D eigenvalue weighted by atomic mass is 9.79. The number of nitrogens with two attached hydrogens (primary N) is 1. The Morgan fingerprint density at radius 2 is 1.81 bits per heavy atom. The van der Waals surface area contributed by atoms with Gasteiger partial charge in [-0.05, 0) is 29.8 Å². The lowest BCUT2D eigenvalue weighted by Gasteiger charge is -2.33. The number of carbonyl (C=O) groups is 1. The average Bonchev–Trinajstić information content (AvgIpc) is 2.94. The molecule has 1 atom stereocenters. The van der Waals surface area contributed by atoms with Gasteiger partial charge in [0.05, 0.1) is 0 Å². The maximum Gasteiger partial charge on any atom is 0.266 e. The predicted molar refractivity (Wildman–Crippen MR) is 101 cm³/mol. The summed E-state index contributed by atoms with van der Waals surface area (Å²) in [6.45, 7) is 0. The SMILES string of the molecule is CN1C(=O)C2(N=C1N)c1ccccc1Oc1ccc(-c3cccnc3)cc12. The monoisotopic (exact) mass is 356 g/mol. The Kier molecular flexibility index (Phi) is 3.12. The van der Waals surface area contributed by atoms with Gasteiger partial charge in [-0.3, -0.25) is 14.7 Å². The highest BCUT2D eigenvalue weighted by atomic mass is 16.5. The van der Waals surface area contributed by atoms with Crippen LogP contribution in [0.1, 0.15) is 11.1 Å². The van der Waals surface area contributed by atoms with Gasteiger partial charge in [0.25, 0.3) is 5.91 Å². The Morgan fingerprint density at radius 3 is 2.56 bits per heavy atom. The van der Waals surface area contributed by atoms with Crippen molar-refractivity contribution in [3.8, 4) is 22.6 Å². The number of pyridine rings is 1. The maximum absolute atomic E-state index is 13.3. The molecular weight excluding hydrogens is 340 g/mol. The smallest absolute Gasteiger partial charge is 0.266 e. The summed E-state index contributed by atoms with van der Waals surface area (Å²) in [6.07, 6.45) is 3.51. The summed E-state index contributed by atoms with van der Waals surface area (Å²) >= 11 is 0. The van der Waals surface area contributed by atoms with E-state index in [1.807, 2.05) is 54.6 Å². The van der Waals surface area contributed by atoms with Gasteiger partial charge in [-0.2, -0.15) is 0 Å². The molecule has 2 aliphatic heterocycles. The number of carbonyl (C=O) groups excluding carboxylic acids is 1. The van der Waals surface area contributed by atoms with E-state index >= 15 is 0 Å². The molecule has 0 saturated heterocycles. The Labute approximate surface area is 155 Å². The second-order valence-electron chi connectivity index (χ2n) is 6.60. The molecule has 1 amide bonds. The fourth-order valence-corrected chi connectivity index (χ4v) is 3.73. The van der Waals surface area contributed by atoms with Crippen molar-refractivity contribution in [1.29, 1.82) is 0 Å². The first-order chi connectivity index (χ1) is 13.1. The topological polar surface area (TPSA) is 80.8 Å². The van der Waals surface area contributed by atoms with Crippen molar-refractivity contribution in [2.75, 3.05) is 7.05 Å². The number of rotatable bonds is 1. The van der Waals surface area contributed by atoms with Crippen LogP contribution in [0.4, 0.5) is 0 Å². The summed E-state index contributed by atoms with van der Waals surface area (Å²) in [6, 6.07) is 17.1. The minimum absolute atomic E-state index is 0.189. The molecule has 0 aliphatic carbocycles. The van der Waals surface area contributed by atoms with E-state index in [4.69, 9.17) is 10.5 Å². The van der Waals surface area contributed by atoms with Crippen molar-refractivity contribution in [3.05, 3.63) is 78.1 Å². The summed E-state index contributed by atoms with van der Waals surface area (Å²) in [4.78, 5) is 23.5. The number of hydrogen-bond donors (Lipinski definition) is 1. The minimum atomic E-state index is -1.23. The molecule has 0 fully saturated rings. The average molecular weight is 356 g/mol. The fraction of sp³-hybridized carbons (Fsp3) is 0.0952. The largest absolute Gasteiger partial charge is 0.457 e. The maximum atomic E-state index is 13.3. The first-order valence-electron chi connectivity index (χ1n) is 8.57. The van der Waals surface area contributed by atoms with Crippen molar-refractivity contribution in [1.82, 2.24) is 9.88 Å². The molecule has 0 saturated carbocycles. The Bertz CT molecular complexity index is 1110. The van der Waals surface area contributed by atoms with Crippen LogP contribution in [-0.2, 0) is 10.3 Å². The molecular formula is C21H16N4O2. The van der Waals surface area contributed by atoms with Gasteiger partial charge in [0, 0.05) is 36.1 Å². The highest BCUT2D eigenvalue weighted by molar-refractivity contribution is 6.10. The second kappa shape index (κ2) is 5.41. The number of likely N-dealkylation sites (N-methyl/N-ethyl adjacent to an activating group) is 1. The van der Waals surface area contributed by atoms with E-state index in [1.165, 1.54) is 4.90 Å². The molecule has 1 unspecified atom stereocenters. The highest BCUT2D eigenvalue weighted by Gasteiger charge is 2.54. The Hall–Kier alpha value is -3.67. The molecule has 27 heavy (non-hydrogen) atoms. The molecule has 0 radical (unpaired) electrons. The molecule has 3 heterocycles. The van der Waals surface area contributed by atoms with Crippen LogP contribution < -0.4 is 10.5 Å². The zero-order valence-electron chi connectivity index (χ0n) is 14.6. The van der Waals surface area contributed by atoms with Crippen molar-refractivity contribution in [3.63, 3.8) is 0 Å². The summed E-state index contributed by atoms with van der Waals surface area (Å²) in [5.41, 5.74) is 8.06. The molecule has 6 nitrogen and oxygen atoms in total. The number of aliphatic imine (C=N–C) groups is 1. The van der Waals surface area contributed by atoms with Gasteiger partial charge in [-0.1, -0.05) is 30.3 Å². The number of ether oxygens (including phenoxy) is 1. The van der Waals surface area contributed by atoms with Gasteiger partial charge in [0.1, 0.15) is 11.5 Å². The molecule has 2 aromatic carbocycles. The van der Waals surface area contributed by atoms with Crippen LogP contribution in [-0.4, -0.2) is 28.8 Å². The van der Waals surface area contributed by atoms with Crippen LogP contribution in [0.5, 0.6) is 11.5 Å². The van der Waals surface area contributed by atoms with Gasteiger partial charge in [-0.15, -0.1) is 0 Å². The highest BCUT2D eigenvalue weighted by Crippen LogP contribution is 2.52. The van der Waals surface area contributed by atoms with Crippen molar-refractivity contribution >= 4 is 11.9 Å². The number of amides is 1. The van der Waals surface area contributed by atoms with Crippen LogP contribution in [0.25, 0.3) is 11.1 Å². The number of nitrogens with zero attached hydrogens (tertiary/aromatic N) is 3. The predicted octanol–water partition coefficient (Wildman–Crippen LogP) is 2.88. The first kappa shape index (κ1) is 15.6. The summed E-state index contributed by atoms with van der Waals surface area (Å²) in [7, 11) is 1.64. The molecule has 5 rings (SSSR count). The lowest BCUT2D eigenvalue weighted by Crippen LogP contribution is -2.42. The van der Waals surface area contributed by atoms with Gasteiger partial charge in [0.15, 0.2) is 5.96 Å². The zero-order chi connectivity index (χ0) is 18.6. The van der Waals surface area contributed by atoms with Gasteiger partial charge < -0.3 is 10.5 Å². The fourth-order valence-electron chi connectivity index (χ4n) is 3.73. The van der Waals surface area contributed by atoms with Crippen molar-refractivity contribution in [2.24, 2.45) is 10.7 Å². The first-order valence-corrected chi connectivity index (χ1v) is 8.57. The Morgan fingerprint density at radius 1 is 1.00 bits per heavy atom. The normalized spacial score (nSPS) is 20.1. The van der Waals surface area contributed by atoms with E-state index in [0.717, 1.165) is 11.1 Å². The van der Waals surface area contributed by atoms with Crippen molar-refractivity contribution in [2.45, 2.75) is 5.54 Å². The molecule has 132 valence electrons. The van der Waals surface area contributed by atoms with Crippen LogP contribution in [0, 0.1) is 0 Å². The van der Waals surface area contributed by atoms with E-state index in [0.29, 0.717) is 22.6 Å². The molecule has 1 aromatic heterocycles. The van der Waals surface area contributed by atoms with Gasteiger partial charge in [-0.25, -0.2) is 4.99 Å². The standard InChI is InChI=1S/C21H16N4O2/c1-25-19(26)21(24-20(25)22)15-6-2-3-7-17(15)27-18-9-8-13(11-16(18)21)14-5-4-10-23-12-14/h2-12H,1H3,(H2,22,24). The van der Waals surface area contributed by atoms with Crippen molar-refractivity contribution < 1.29 is 9.53 Å². The molecule has 2 aliphatic rings. The number of hydrogen-bond acceptors (Lipinski definition) is 5. The van der Waals surface area contributed by atoms with Gasteiger partial charge >= 0.3 is 0 Å². The molecule has 1 spiro atoms. The number of guanidine groups is 1. The van der Waals surface area contributed by atoms with Crippen LogP contribution in [0.3, 0.4) is 0 Å². The van der Waals surface area contributed by atoms with E-state index in [2.05, 4.69) is 9.98 Å². The van der Waals surface area contributed by atoms with Gasteiger partial charge in [0.2, 0.25) is 5.54 Å². The van der Waals surface area contributed by atoms with E-state index in [1.54, 1.807) is 19.4 Å². The van der Waals surface area contributed by atoms with Crippen LogP contribution in [0.2, 0.25) is 0 Å². The lowest BCUT2D eigenvalue weighted by molar-refractivity contribution is -0.129.